The van der Waals surface area contributed by atoms with Gasteiger partial charge in [0.2, 0.25) is 0 Å². The second-order valence-corrected chi connectivity index (χ2v) is 6.13. The summed E-state index contributed by atoms with van der Waals surface area (Å²) >= 11 is 0. The summed E-state index contributed by atoms with van der Waals surface area (Å²) in [6, 6.07) is 7.89. The van der Waals surface area contributed by atoms with E-state index in [1.54, 1.807) is 0 Å². The van der Waals surface area contributed by atoms with Crippen molar-refractivity contribution in [2.45, 2.75) is 70.6 Å². The standard InChI is InChI=1S/C18H28O/c1-2-3-4-5-8-15-11-13-16(14-12-15)17-9-6-7-10-18(17)19/h6-7,9-10,15-16,19H,2-5,8,11-14H2,1H3. The van der Waals surface area contributed by atoms with Crippen LogP contribution in [0.2, 0.25) is 0 Å². The second kappa shape index (κ2) is 7.57. The molecule has 1 N–H and O–H groups in total. The van der Waals surface area contributed by atoms with Gasteiger partial charge in [-0.15, -0.1) is 0 Å². The van der Waals surface area contributed by atoms with Crippen molar-refractivity contribution in [1.82, 2.24) is 0 Å². The van der Waals surface area contributed by atoms with E-state index in [-0.39, 0.29) is 0 Å². The number of unbranched alkanes of at least 4 members (excludes halogenated alkanes) is 3. The van der Waals surface area contributed by atoms with Crippen molar-refractivity contribution in [3.63, 3.8) is 0 Å². The first kappa shape index (κ1) is 14.4. The van der Waals surface area contributed by atoms with Crippen LogP contribution in [-0.4, -0.2) is 5.11 Å². The molecule has 2 rings (SSSR count). The summed E-state index contributed by atoms with van der Waals surface area (Å²) in [5, 5.41) is 9.93. The molecule has 1 aromatic carbocycles. The molecule has 1 aliphatic carbocycles. The van der Waals surface area contributed by atoms with Crippen LogP contribution in [0.15, 0.2) is 24.3 Å². The molecule has 0 unspecified atom stereocenters. The SMILES string of the molecule is CCCCCCC1CCC(c2ccccc2O)CC1. The van der Waals surface area contributed by atoms with E-state index in [1.165, 1.54) is 63.4 Å². The lowest BCUT2D eigenvalue weighted by atomic mass is 9.77. The Bertz CT molecular complexity index is 364. The normalized spacial score (nSPS) is 23.4. The number of phenols is 1. The largest absolute Gasteiger partial charge is 0.508 e. The van der Waals surface area contributed by atoms with Crippen molar-refractivity contribution >= 4 is 0 Å². The molecule has 1 fully saturated rings. The molecule has 1 saturated carbocycles. The maximum atomic E-state index is 9.93. The molecule has 0 atom stereocenters. The van der Waals surface area contributed by atoms with Gasteiger partial charge in [-0.2, -0.15) is 0 Å². The lowest BCUT2D eigenvalue weighted by Crippen LogP contribution is -2.13. The molecule has 106 valence electrons. The van der Waals surface area contributed by atoms with Crippen LogP contribution < -0.4 is 0 Å². The lowest BCUT2D eigenvalue weighted by Gasteiger charge is -2.29. The fourth-order valence-corrected chi connectivity index (χ4v) is 3.45. The van der Waals surface area contributed by atoms with E-state index in [2.05, 4.69) is 13.0 Å². The highest BCUT2D eigenvalue weighted by molar-refractivity contribution is 5.35. The number of phenolic OH excluding ortho intramolecular Hbond substituents is 1. The molecule has 0 spiro atoms. The zero-order chi connectivity index (χ0) is 13.5. The Morgan fingerprint density at radius 2 is 1.74 bits per heavy atom. The smallest absolute Gasteiger partial charge is 0.119 e. The van der Waals surface area contributed by atoms with Crippen molar-refractivity contribution in [2.24, 2.45) is 5.92 Å². The van der Waals surface area contributed by atoms with Gasteiger partial charge in [-0.25, -0.2) is 0 Å². The summed E-state index contributed by atoms with van der Waals surface area (Å²) in [5.74, 6) is 2.03. The first-order valence-corrected chi connectivity index (χ1v) is 8.09. The maximum Gasteiger partial charge on any atom is 0.119 e. The first-order valence-electron chi connectivity index (χ1n) is 8.09. The van der Waals surface area contributed by atoms with Crippen LogP contribution in [-0.2, 0) is 0 Å². The van der Waals surface area contributed by atoms with Crippen LogP contribution in [0.4, 0.5) is 0 Å². The second-order valence-electron chi connectivity index (χ2n) is 6.13. The Balaban J connectivity index is 1.75. The van der Waals surface area contributed by atoms with Gasteiger partial charge in [-0.1, -0.05) is 57.2 Å². The molecule has 0 aromatic heterocycles. The lowest BCUT2D eigenvalue weighted by molar-refractivity contribution is 0.298. The third-order valence-corrected chi connectivity index (χ3v) is 4.69. The number of aromatic hydroxyl groups is 1. The minimum atomic E-state index is 0.494. The van der Waals surface area contributed by atoms with Gasteiger partial charge < -0.3 is 5.11 Å². The topological polar surface area (TPSA) is 20.2 Å². The van der Waals surface area contributed by atoms with Gasteiger partial charge in [-0.05, 0) is 49.1 Å². The quantitative estimate of drug-likeness (QED) is 0.656. The van der Waals surface area contributed by atoms with Gasteiger partial charge in [0.05, 0.1) is 0 Å². The van der Waals surface area contributed by atoms with Crippen molar-refractivity contribution in [1.29, 1.82) is 0 Å². The third kappa shape index (κ3) is 4.26. The van der Waals surface area contributed by atoms with E-state index in [0.717, 1.165) is 5.92 Å². The molecule has 1 aliphatic rings. The first-order chi connectivity index (χ1) is 9.31. The minimum absolute atomic E-state index is 0.494. The summed E-state index contributed by atoms with van der Waals surface area (Å²) in [7, 11) is 0. The van der Waals surface area contributed by atoms with Crippen LogP contribution in [0.3, 0.4) is 0 Å². The molecule has 1 heteroatoms. The van der Waals surface area contributed by atoms with E-state index >= 15 is 0 Å². The predicted molar refractivity (Wildman–Crippen MR) is 81.6 cm³/mol. The van der Waals surface area contributed by atoms with Gasteiger partial charge in [-0.3, -0.25) is 0 Å². The fourth-order valence-electron chi connectivity index (χ4n) is 3.45. The molecule has 0 saturated heterocycles. The van der Waals surface area contributed by atoms with Crippen molar-refractivity contribution in [2.75, 3.05) is 0 Å². The van der Waals surface area contributed by atoms with Crippen molar-refractivity contribution < 1.29 is 5.11 Å². The average molecular weight is 260 g/mol. The molecular weight excluding hydrogens is 232 g/mol. The number of benzene rings is 1. The Labute approximate surface area is 118 Å². The molecule has 19 heavy (non-hydrogen) atoms. The summed E-state index contributed by atoms with van der Waals surface area (Å²) in [5.41, 5.74) is 1.17. The zero-order valence-electron chi connectivity index (χ0n) is 12.3. The summed E-state index contributed by atoms with van der Waals surface area (Å²) in [4.78, 5) is 0. The number of hydrogen-bond donors (Lipinski definition) is 1. The Kier molecular flexibility index (Phi) is 5.75. The third-order valence-electron chi connectivity index (χ3n) is 4.69. The van der Waals surface area contributed by atoms with Crippen molar-refractivity contribution in [3.05, 3.63) is 29.8 Å². The molecule has 0 amide bonds. The number of hydrogen-bond acceptors (Lipinski definition) is 1. The molecule has 0 bridgehead atoms. The van der Waals surface area contributed by atoms with Crippen LogP contribution in [0, 0.1) is 5.92 Å². The van der Waals surface area contributed by atoms with Crippen LogP contribution in [0.5, 0.6) is 5.75 Å². The van der Waals surface area contributed by atoms with Gasteiger partial charge in [0, 0.05) is 0 Å². The maximum absolute atomic E-state index is 9.93. The van der Waals surface area contributed by atoms with Crippen LogP contribution >= 0.6 is 0 Å². The Hall–Kier alpha value is -0.980. The van der Waals surface area contributed by atoms with Crippen molar-refractivity contribution in [3.8, 4) is 5.75 Å². The fraction of sp³-hybridized carbons (Fsp3) is 0.667. The highest BCUT2D eigenvalue weighted by Gasteiger charge is 2.23. The molecule has 0 radical (unpaired) electrons. The van der Waals surface area contributed by atoms with Gasteiger partial charge in [0.25, 0.3) is 0 Å². The molecule has 0 aliphatic heterocycles. The molecule has 1 aromatic rings. The van der Waals surface area contributed by atoms with Gasteiger partial charge >= 0.3 is 0 Å². The highest BCUT2D eigenvalue weighted by Crippen LogP contribution is 2.40. The van der Waals surface area contributed by atoms with Gasteiger partial charge in [0.15, 0.2) is 0 Å². The van der Waals surface area contributed by atoms with Crippen LogP contribution in [0.25, 0.3) is 0 Å². The Morgan fingerprint density at radius 1 is 1.00 bits per heavy atom. The van der Waals surface area contributed by atoms with E-state index in [4.69, 9.17) is 0 Å². The zero-order valence-corrected chi connectivity index (χ0v) is 12.3. The monoisotopic (exact) mass is 260 g/mol. The minimum Gasteiger partial charge on any atom is -0.508 e. The Morgan fingerprint density at radius 3 is 2.42 bits per heavy atom. The molecule has 0 heterocycles. The van der Waals surface area contributed by atoms with Gasteiger partial charge in [0.1, 0.15) is 5.75 Å². The van der Waals surface area contributed by atoms with E-state index in [9.17, 15) is 5.11 Å². The highest BCUT2D eigenvalue weighted by atomic mass is 16.3. The average Bonchev–Trinajstić information content (AvgIpc) is 2.45. The van der Waals surface area contributed by atoms with E-state index in [0.29, 0.717) is 11.7 Å². The summed E-state index contributed by atoms with van der Waals surface area (Å²) in [6.07, 6.45) is 12.2. The molecular formula is C18H28O. The van der Waals surface area contributed by atoms with E-state index < -0.39 is 0 Å². The van der Waals surface area contributed by atoms with E-state index in [1.807, 2.05) is 18.2 Å². The van der Waals surface area contributed by atoms with Crippen LogP contribution in [0.1, 0.15) is 76.2 Å². The summed E-state index contributed by atoms with van der Waals surface area (Å²) < 4.78 is 0. The summed E-state index contributed by atoms with van der Waals surface area (Å²) in [6.45, 7) is 2.28. The number of para-hydroxylation sites is 1. The predicted octanol–water partition coefficient (Wildman–Crippen LogP) is 5.64. The molecule has 1 nitrogen and oxygen atoms in total. The number of rotatable bonds is 6.